The third kappa shape index (κ3) is 7.62. The summed E-state index contributed by atoms with van der Waals surface area (Å²) in [5.41, 5.74) is 20.8. The van der Waals surface area contributed by atoms with Crippen LogP contribution in [0.5, 0.6) is 5.75 Å². The van der Waals surface area contributed by atoms with E-state index in [0.29, 0.717) is 49.4 Å². The Morgan fingerprint density at radius 3 is 2.75 bits per heavy atom. The SMILES string of the molecule is Cc1cc(N(CN=[N+]=[N-])C(=O)[C@H]2CC[C@H](Oc3ccnc(C#N)c3)CC2)ccc1CN1CCN[C@@H](CN=[N+]=[N-])C1. The van der Waals surface area contributed by atoms with Crippen LogP contribution in [0.2, 0.25) is 0 Å². The molecular formula is C27H33N11O2. The van der Waals surface area contributed by atoms with Crippen LogP contribution >= 0.6 is 0 Å². The second-order valence-corrected chi connectivity index (χ2v) is 10.1. The van der Waals surface area contributed by atoms with Gasteiger partial charge in [0.2, 0.25) is 5.91 Å². The first kappa shape index (κ1) is 28.7. The van der Waals surface area contributed by atoms with Gasteiger partial charge in [-0.15, -0.1) is 0 Å². The predicted octanol–water partition coefficient (Wildman–Crippen LogP) is 4.58. The first-order valence-electron chi connectivity index (χ1n) is 13.4. The van der Waals surface area contributed by atoms with E-state index in [2.05, 4.69) is 35.3 Å². The zero-order valence-electron chi connectivity index (χ0n) is 22.6. The standard InChI is InChI=1S/C27H33N11O2/c1-19-12-24(5-2-21(19)16-37-11-10-32-23(17-37)15-33-35-29)38(18-34-36-30)27(39)20-3-6-25(7-4-20)40-26-8-9-31-22(13-26)14-28/h2,5,8-9,12-13,20,23,25,32H,3-4,6-7,10-11,15-18H2,1H3/t20-,23-,25-/m0/s1. The van der Waals surface area contributed by atoms with Gasteiger partial charge in [-0.3, -0.25) is 9.69 Å². The Morgan fingerprint density at radius 2 is 2.02 bits per heavy atom. The number of azide groups is 2. The highest BCUT2D eigenvalue weighted by Gasteiger charge is 2.31. The highest BCUT2D eigenvalue weighted by molar-refractivity contribution is 5.95. The molecule has 2 aliphatic rings. The van der Waals surface area contributed by atoms with Crippen LogP contribution in [0, 0.1) is 24.2 Å². The molecule has 208 valence electrons. The number of nitrogens with zero attached hydrogens (tertiary/aromatic N) is 10. The van der Waals surface area contributed by atoms with Gasteiger partial charge >= 0.3 is 0 Å². The molecule has 0 radical (unpaired) electrons. The first-order valence-corrected chi connectivity index (χ1v) is 13.4. The summed E-state index contributed by atoms with van der Waals surface area (Å²) >= 11 is 0. The number of aromatic nitrogens is 1. The Morgan fingerprint density at radius 1 is 1.23 bits per heavy atom. The lowest BCUT2D eigenvalue weighted by molar-refractivity contribution is -0.123. The van der Waals surface area contributed by atoms with E-state index in [-0.39, 0.29) is 30.6 Å². The van der Waals surface area contributed by atoms with Crippen LogP contribution < -0.4 is 15.0 Å². The smallest absolute Gasteiger partial charge is 0.230 e. The first-order chi connectivity index (χ1) is 19.5. The van der Waals surface area contributed by atoms with E-state index in [1.807, 2.05) is 31.2 Å². The molecule has 40 heavy (non-hydrogen) atoms. The molecule has 0 spiro atoms. The van der Waals surface area contributed by atoms with Gasteiger partial charge in [0, 0.05) is 72.5 Å². The Labute approximate surface area is 233 Å². The van der Waals surface area contributed by atoms with Crippen molar-refractivity contribution in [2.24, 2.45) is 16.1 Å². The van der Waals surface area contributed by atoms with Crippen molar-refractivity contribution >= 4 is 11.6 Å². The summed E-state index contributed by atoms with van der Waals surface area (Å²) in [6, 6.07) is 11.4. The van der Waals surface area contributed by atoms with Gasteiger partial charge in [-0.25, -0.2) is 4.98 Å². The maximum atomic E-state index is 13.6. The molecule has 1 saturated carbocycles. The second kappa shape index (κ2) is 14.2. The number of nitrogens with one attached hydrogen (secondary N) is 1. The molecule has 13 nitrogen and oxygen atoms in total. The lowest BCUT2D eigenvalue weighted by Gasteiger charge is -2.34. The van der Waals surface area contributed by atoms with E-state index >= 15 is 0 Å². The van der Waals surface area contributed by atoms with Gasteiger partial charge in [0.25, 0.3) is 0 Å². The molecule has 1 aromatic heterocycles. The zero-order chi connectivity index (χ0) is 28.3. The maximum absolute atomic E-state index is 13.6. The molecule has 0 unspecified atom stereocenters. The van der Waals surface area contributed by atoms with Crippen molar-refractivity contribution in [3.63, 3.8) is 0 Å². The number of piperazine rings is 1. The predicted molar refractivity (Wildman–Crippen MR) is 149 cm³/mol. The Bertz CT molecular complexity index is 1320. The summed E-state index contributed by atoms with van der Waals surface area (Å²) in [7, 11) is 0. The third-order valence-electron chi connectivity index (χ3n) is 7.44. The number of anilines is 1. The van der Waals surface area contributed by atoms with Gasteiger partial charge in [-0.1, -0.05) is 16.3 Å². The molecular weight excluding hydrogens is 510 g/mol. The molecule has 1 saturated heterocycles. The van der Waals surface area contributed by atoms with E-state index < -0.39 is 0 Å². The van der Waals surface area contributed by atoms with Crippen molar-refractivity contribution in [2.75, 3.05) is 37.7 Å². The van der Waals surface area contributed by atoms with Gasteiger partial charge in [0.05, 0.1) is 6.10 Å². The number of carbonyl (C=O) groups excluding carboxylic acids is 1. The van der Waals surface area contributed by atoms with Gasteiger partial charge in [0.1, 0.15) is 24.2 Å². The molecule has 0 bridgehead atoms. The topological polar surface area (TPSA) is 179 Å². The number of hydrogen-bond donors (Lipinski definition) is 1. The third-order valence-corrected chi connectivity index (χ3v) is 7.44. The molecule has 1 N–H and O–H groups in total. The molecule has 2 heterocycles. The van der Waals surface area contributed by atoms with Crippen molar-refractivity contribution in [1.29, 1.82) is 5.26 Å². The van der Waals surface area contributed by atoms with Crippen LogP contribution in [0.25, 0.3) is 20.9 Å². The minimum Gasteiger partial charge on any atom is -0.490 e. The number of aryl methyl sites for hydroxylation is 1. The molecule has 13 heteroatoms. The maximum Gasteiger partial charge on any atom is 0.230 e. The van der Waals surface area contributed by atoms with E-state index in [1.165, 1.54) is 0 Å². The lowest BCUT2D eigenvalue weighted by atomic mass is 9.86. The van der Waals surface area contributed by atoms with Crippen LogP contribution in [-0.4, -0.2) is 60.8 Å². The number of amides is 1. The fraction of sp³-hybridized carbons (Fsp3) is 0.519. The van der Waals surface area contributed by atoms with Crippen molar-refractivity contribution in [3.8, 4) is 11.8 Å². The van der Waals surface area contributed by atoms with Crippen molar-refractivity contribution in [2.45, 2.75) is 51.3 Å². The summed E-state index contributed by atoms with van der Waals surface area (Å²) < 4.78 is 6.04. The number of hydrogen-bond acceptors (Lipinski definition) is 8. The van der Waals surface area contributed by atoms with Crippen molar-refractivity contribution < 1.29 is 9.53 Å². The van der Waals surface area contributed by atoms with E-state index in [4.69, 9.17) is 21.1 Å². The average Bonchev–Trinajstić information content (AvgIpc) is 2.98. The van der Waals surface area contributed by atoms with Crippen LogP contribution in [0.15, 0.2) is 46.8 Å². The number of nitriles is 1. The normalized spacial score (nSPS) is 20.9. The van der Waals surface area contributed by atoms with Gasteiger partial charge in [-0.05, 0) is 73.0 Å². The van der Waals surface area contributed by atoms with E-state index in [0.717, 1.165) is 37.3 Å². The average molecular weight is 544 g/mol. The van der Waals surface area contributed by atoms with Crippen LogP contribution in [0.1, 0.15) is 42.5 Å². The van der Waals surface area contributed by atoms with Gasteiger partial charge in [0.15, 0.2) is 0 Å². The number of ether oxygens (including phenoxy) is 1. The Hall–Kier alpha value is -4.33. The summed E-state index contributed by atoms with van der Waals surface area (Å²) in [5, 5.41) is 19.8. The van der Waals surface area contributed by atoms with Crippen LogP contribution in [0.3, 0.4) is 0 Å². The lowest BCUT2D eigenvalue weighted by Crippen LogP contribution is -2.51. The van der Waals surface area contributed by atoms with Gasteiger partial charge in [-0.2, -0.15) is 5.26 Å². The quantitative estimate of drug-likeness (QED) is 0.260. The summed E-state index contributed by atoms with van der Waals surface area (Å²) in [4.78, 5) is 27.2. The summed E-state index contributed by atoms with van der Waals surface area (Å²) in [6.07, 6.45) is 4.24. The number of rotatable bonds is 10. The number of pyridine rings is 1. The monoisotopic (exact) mass is 543 g/mol. The Balaban J connectivity index is 1.38. The van der Waals surface area contributed by atoms with E-state index in [9.17, 15) is 4.79 Å². The molecule has 1 aliphatic carbocycles. The second-order valence-electron chi connectivity index (χ2n) is 10.1. The fourth-order valence-corrected chi connectivity index (χ4v) is 5.32. The molecule has 1 aliphatic heterocycles. The van der Waals surface area contributed by atoms with E-state index in [1.54, 1.807) is 23.2 Å². The molecule has 1 atom stereocenters. The highest BCUT2D eigenvalue weighted by Crippen LogP contribution is 2.31. The van der Waals surface area contributed by atoms with Crippen molar-refractivity contribution in [1.82, 2.24) is 15.2 Å². The molecule has 2 aromatic rings. The number of benzene rings is 1. The molecule has 1 amide bonds. The molecule has 2 fully saturated rings. The number of carbonyl (C=O) groups is 1. The van der Waals surface area contributed by atoms with Gasteiger partial charge < -0.3 is 15.0 Å². The van der Waals surface area contributed by atoms with Crippen molar-refractivity contribution in [3.05, 3.63) is 74.2 Å². The molecule has 4 rings (SSSR count). The highest BCUT2D eigenvalue weighted by atomic mass is 16.5. The van der Waals surface area contributed by atoms with Crippen LogP contribution in [0.4, 0.5) is 5.69 Å². The largest absolute Gasteiger partial charge is 0.490 e. The van der Waals surface area contributed by atoms with Crippen LogP contribution in [-0.2, 0) is 11.3 Å². The summed E-state index contributed by atoms with van der Waals surface area (Å²) in [6.45, 7) is 5.63. The zero-order valence-corrected chi connectivity index (χ0v) is 22.6. The summed E-state index contributed by atoms with van der Waals surface area (Å²) in [5.74, 6) is 0.347. The minimum atomic E-state index is -0.199. The Kier molecular flexibility index (Phi) is 10.2. The fourth-order valence-electron chi connectivity index (χ4n) is 5.32. The minimum absolute atomic E-state index is 0.0404. The molecule has 1 aromatic carbocycles.